The molecule has 0 N–H and O–H groups in total. The number of hydrogen-bond acceptors (Lipinski definition) is 1. The summed E-state index contributed by atoms with van der Waals surface area (Å²) in [6, 6.07) is 3.95. The summed E-state index contributed by atoms with van der Waals surface area (Å²) >= 11 is 1.26. The first-order valence-electron chi connectivity index (χ1n) is 2.65. The van der Waals surface area contributed by atoms with E-state index >= 15 is 0 Å². The Bertz CT molecular complexity index is 181. The minimum atomic E-state index is 1.09. The quantitative estimate of drug-likeness (QED) is 0.417. The number of pyridine rings is 1. The van der Waals surface area contributed by atoms with Crippen LogP contribution in [0.1, 0.15) is 0 Å². The van der Waals surface area contributed by atoms with Gasteiger partial charge in [-0.05, 0) is 0 Å². The first kappa shape index (κ1) is 6.62. The van der Waals surface area contributed by atoms with Gasteiger partial charge in [0.05, 0.1) is 0 Å². The van der Waals surface area contributed by atoms with Crippen LogP contribution in [-0.2, 0) is 7.05 Å². The van der Waals surface area contributed by atoms with Crippen molar-refractivity contribution in [1.29, 1.82) is 0 Å². The second-order valence-electron chi connectivity index (χ2n) is 1.82. The van der Waals surface area contributed by atoms with E-state index in [1.807, 2.05) is 36.1 Å². The molecule has 46 valence electrons. The van der Waals surface area contributed by atoms with Crippen molar-refractivity contribution in [2.24, 2.45) is 7.05 Å². The minimum absolute atomic E-state index is 1.09. The lowest BCUT2D eigenvalue weighted by Gasteiger charge is -1.89. The van der Waals surface area contributed by atoms with E-state index in [-0.39, 0.29) is 0 Å². The first-order valence-corrected chi connectivity index (χ1v) is 3.53. The number of thioether (sulfide) groups is 1. The fraction of sp³-hybridized carbons (Fsp3) is 0.143. The smallest absolute Gasteiger partial charge is 0.169 e. The normalized spacial score (nSPS) is 9.56. The van der Waals surface area contributed by atoms with Crippen LogP contribution >= 0.6 is 11.8 Å². The van der Waals surface area contributed by atoms with Crippen LogP contribution in [-0.4, -0.2) is 0 Å². The van der Waals surface area contributed by atoms with Crippen molar-refractivity contribution in [2.75, 3.05) is 0 Å². The molecule has 1 rings (SSSR count). The molecule has 0 fully saturated rings. The number of nitrogens with zero attached hydrogens (tertiary/aromatic N) is 1. The minimum Gasteiger partial charge on any atom is -0.208 e. The van der Waals surface area contributed by atoms with Gasteiger partial charge in [0.2, 0.25) is 0 Å². The lowest BCUT2D eigenvalue weighted by Crippen LogP contribution is -2.25. The van der Waals surface area contributed by atoms with Crippen molar-refractivity contribution in [1.82, 2.24) is 0 Å². The number of aromatic nitrogens is 1. The predicted molar refractivity (Wildman–Crippen MR) is 37.8 cm³/mol. The molecule has 0 saturated carbocycles. The van der Waals surface area contributed by atoms with E-state index in [0.717, 1.165) is 4.90 Å². The molecule has 2 heteroatoms. The van der Waals surface area contributed by atoms with Crippen molar-refractivity contribution >= 4 is 11.8 Å². The highest BCUT2D eigenvalue weighted by molar-refractivity contribution is 8.00. The van der Waals surface area contributed by atoms with Gasteiger partial charge in [-0.25, -0.2) is 4.57 Å². The third-order valence-corrected chi connectivity index (χ3v) is 1.63. The molecule has 1 nitrogen and oxygen atoms in total. The van der Waals surface area contributed by atoms with Crippen molar-refractivity contribution in [3.8, 4) is 0 Å². The van der Waals surface area contributed by atoms with Gasteiger partial charge in [0.1, 0.15) is 7.05 Å². The van der Waals surface area contributed by atoms with E-state index in [1.165, 1.54) is 11.8 Å². The van der Waals surface area contributed by atoms with E-state index < -0.39 is 0 Å². The Hall–Kier alpha value is -0.500. The SMILES string of the molecule is [CH]Sc1cc[n+](C)cc1. The largest absolute Gasteiger partial charge is 0.208 e. The molecule has 2 radical (unpaired) electrons. The maximum Gasteiger partial charge on any atom is 0.169 e. The Morgan fingerprint density at radius 2 is 2.00 bits per heavy atom. The van der Waals surface area contributed by atoms with Gasteiger partial charge in [-0.2, -0.15) is 0 Å². The predicted octanol–water partition coefficient (Wildman–Crippen LogP) is 1.27. The Balaban J connectivity index is 2.88. The molecule has 1 heterocycles. The second kappa shape index (κ2) is 2.87. The molecule has 0 unspecified atom stereocenters. The monoisotopic (exact) mass is 138 g/mol. The fourth-order valence-corrected chi connectivity index (χ4v) is 0.845. The molecule has 0 spiro atoms. The summed E-state index contributed by atoms with van der Waals surface area (Å²) in [5, 5.41) is 0. The van der Waals surface area contributed by atoms with E-state index in [1.54, 1.807) is 0 Å². The Kier molecular flexibility index (Phi) is 2.11. The van der Waals surface area contributed by atoms with Gasteiger partial charge >= 0.3 is 0 Å². The van der Waals surface area contributed by atoms with E-state index in [0.29, 0.717) is 0 Å². The molecule has 0 aliphatic carbocycles. The summed E-state index contributed by atoms with van der Waals surface area (Å²) in [7, 11) is 1.98. The zero-order valence-electron chi connectivity index (χ0n) is 5.24. The lowest BCUT2D eigenvalue weighted by atomic mass is 10.5. The third kappa shape index (κ3) is 1.72. The van der Waals surface area contributed by atoms with Crippen LogP contribution in [0.2, 0.25) is 0 Å². The van der Waals surface area contributed by atoms with E-state index in [4.69, 9.17) is 6.26 Å². The Labute approximate surface area is 59.7 Å². The van der Waals surface area contributed by atoms with Gasteiger partial charge in [-0.15, -0.1) is 11.8 Å². The third-order valence-electron chi connectivity index (χ3n) is 1.08. The average molecular weight is 138 g/mol. The Morgan fingerprint density at radius 3 is 2.44 bits per heavy atom. The van der Waals surface area contributed by atoms with Crippen LogP contribution < -0.4 is 4.57 Å². The maximum absolute atomic E-state index is 5.31. The highest BCUT2D eigenvalue weighted by atomic mass is 32.2. The van der Waals surface area contributed by atoms with Gasteiger partial charge in [0.25, 0.3) is 0 Å². The molecule has 0 aliphatic rings. The number of hydrogen-bond donors (Lipinski definition) is 0. The van der Waals surface area contributed by atoms with Crippen molar-refractivity contribution in [3.63, 3.8) is 0 Å². The molecule has 0 aliphatic heterocycles. The van der Waals surface area contributed by atoms with Crippen molar-refractivity contribution in [2.45, 2.75) is 4.90 Å². The van der Waals surface area contributed by atoms with E-state index in [9.17, 15) is 0 Å². The summed E-state index contributed by atoms with van der Waals surface area (Å²) in [6.07, 6.45) is 9.24. The second-order valence-corrected chi connectivity index (χ2v) is 2.52. The van der Waals surface area contributed by atoms with Crippen LogP contribution in [0.5, 0.6) is 0 Å². The Morgan fingerprint density at radius 1 is 1.44 bits per heavy atom. The molecule has 0 saturated heterocycles. The zero-order valence-corrected chi connectivity index (χ0v) is 6.06. The summed E-state index contributed by atoms with van der Waals surface area (Å²) < 4.78 is 1.97. The van der Waals surface area contributed by atoms with Crippen LogP contribution in [0.15, 0.2) is 29.4 Å². The van der Waals surface area contributed by atoms with Gasteiger partial charge in [-0.3, -0.25) is 0 Å². The van der Waals surface area contributed by atoms with Gasteiger partial charge in [0, 0.05) is 23.3 Å². The van der Waals surface area contributed by atoms with Gasteiger partial charge in [-0.1, -0.05) is 0 Å². The summed E-state index contributed by atoms with van der Waals surface area (Å²) in [4.78, 5) is 1.09. The molecule has 1 aromatic heterocycles. The molecule has 0 amide bonds. The molecule has 0 bridgehead atoms. The van der Waals surface area contributed by atoms with Crippen LogP contribution in [0.3, 0.4) is 0 Å². The summed E-state index contributed by atoms with van der Waals surface area (Å²) in [6.45, 7) is 0. The maximum atomic E-state index is 5.31. The standard InChI is InChI=1S/C7H8NS/c1-8-5-3-7(9-2)4-6-8/h2-6H,1H3/q+1. The summed E-state index contributed by atoms with van der Waals surface area (Å²) in [5.74, 6) is 0. The topological polar surface area (TPSA) is 3.88 Å². The van der Waals surface area contributed by atoms with Crippen molar-refractivity contribution < 1.29 is 4.57 Å². The molecule has 1 aromatic rings. The molecule has 9 heavy (non-hydrogen) atoms. The molecular weight excluding hydrogens is 130 g/mol. The van der Waals surface area contributed by atoms with Crippen LogP contribution in [0.4, 0.5) is 0 Å². The zero-order chi connectivity index (χ0) is 6.69. The highest BCUT2D eigenvalue weighted by Crippen LogP contribution is 2.11. The van der Waals surface area contributed by atoms with Crippen LogP contribution in [0.25, 0.3) is 0 Å². The molecule has 0 aromatic carbocycles. The van der Waals surface area contributed by atoms with Gasteiger partial charge < -0.3 is 0 Å². The van der Waals surface area contributed by atoms with Crippen LogP contribution in [0, 0.1) is 6.26 Å². The van der Waals surface area contributed by atoms with E-state index in [2.05, 4.69) is 0 Å². The van der Waals surface area contributed by atoms with Crippen molar-refractivity contribution in [3.05, 3.63) is 30.8 Å². The fourth-order valence-electron chi connectivity index (χ4n) is 0.566. The number of rotatable bonds is 1. The molecular formula is C7H8NS+. The summed E-state index contributed by atoms with van der Waals surface area (Å²) in [5.41, 5.74) is 0. The average Bonchev–Trinajstić information content (AvgIpc) is 1.90. The molecule has 0 atom stereocenters. The van der Waals surface area contributed by atoms with Gasteiger partial charge in [0.15, 0.2) is 12.4 Å². The highest BCUT2D eigenvalue weighted by Gasteiger charge is 1.90. The number of aryl methyl sites for hydroxylation is 1. The lowest BCUT2D eigenvalue weighted by molar-refractivity contribution is -0.671. The first-order chi connectivity index (χ1) is 4.33.